The lowest BCUT2D eigenvalue weighted by molar-refractivity contribution is 0.210. The van der Waals surface area contributed by atoms with Gasteiger partial charge in [-0.05, 0) is 27.9 Å². The van der Waals surface area contributed by atoms with Gasteiger partial charge in [0.05, 0.1) is 0 Å². The quantitative estimate of drug-likeness (QED) is 0.768. The molecule has 5 nitrogen and oxygen atoms in total. The summed E-state index contributed by atoms with van der Waals surface area (Å²) in [4.78, 5) is 10.2. The Kier molecular flexibility index (Phi) is 3.47. The molecule has 0 radical (unpaired) electrons. The number of nitrogens with one attached hydrogen (secondary N) is 1. The van der Waals surface area contributed by atoms with Crippen LogP contribution in [-0.2, 0) is 0 Å². The number of aromatic nitrogens is 2. The summed E-state index contributed by atoms with van der Waals surface area (Å²) >= 11 is 0. The maximum Gasteiger partial charge on any atom is 0.168 e. The molecule has 0 spiro atoms. The lowest BCUT2D eigenvalue weighted by Gasteiger charge is -2.32. The van der Waals surface area contributed by atoms with Crippen LogP contribution in [0.1, 0.15) is 13.8 Å². The zero-order valence-electron chi connectivity index (χ0n) is 9.78. The second kappa shape index (κ2) is 4.44. The second-order valence-corrected chi connectivity index (χ2v) is 4.35. The normalized spacial score (nSPS) is 11.8. The minimum atomic E-state index is 0.0456. The first kappa shape index (κ1) is 11.7. The molecule has 1 heterocycles. The van der Waals surface area contributed by atoms with Gasteiger partial charge in [0.1, 0.15) is 0 Å². The van der Waals surface area contributed by atoms with E-state index in [1.165, 1.54) is 0 Å². The van der Waals surface area contributed by atoms with E-state index >= 15 is 0 Å². The Morgan fingerprint density at radius 1 is 1.33 bits per heavy atom. The summed E-state index contributed by atoms with van der Waals surface area (Å²) in [6.07, 6.45) is 3.21. The predicted molar refractivity (Wildman–Crippen MR) is 62.7 cm³/mol. The Hall–Kier alpha value is -1.36. The van der Waals surface area contributed by atoms with Crippen LogP contribution in [0.5, 0.6) is 0 Å². The molecular weight excluding hydrogens is 190 g/mol. The Labute approximate surface area is 90.7 Å². The fourth-order valence-electron chi connectivity index (χ4n) is 0.943. The van der Waals surface area contributed by atoms with Crippen molar-refractivity contribution in [3.63, 3.8) is 0 Å². The van der Waals surface area contributed by atoms with E-state index < -0.39 is 0 Å². The summed E-state index contributed by atoms with van der Waals surface area (Å²) in [5.41, 5.74) is 5.72. The zero-order valence-corrected chi connectivity index (χ0v) is 9.78. The highest BCUT2D eigenvalue weighted by molar-refractivity contribution is 5.55. The fraction of sp³-hybridized carbons (Fsp3) is 0.600. The summed E-state index contributed by atoms with van der Waals surface area (Å²) in [7, 11) is 4.09. The first-order valence-corrected chi connectivity index (χ1v) is 4.91. The third-order valence-corrected chi connectivity index (χ3v) is 2.63. The minimum Gasteiger partial charge on any atom is -0.381 e. The SMILES string of the molecule is CN(C)C(C)(C)CNc1nccnc1N. The molecule has 0 aliphatic carbocycles. The summed E-state index contributed by atoms with van der Waals surface area (Å²) in [6, 6.07) is 0. The van der Waals surface area contributed by atoms with E-state index in [1.807, 2.05) is 14.1 Å². The lowest BCUT2D eigenvalue weighted by atomic mass is 10.0. The number of nitrogens with zero attached hydrogens (tertiary/aromatic N) is 3. The van der Waals surface area contributed by atoms with Crippen molar-refractivity contribution in [2.24, 2.45) is 0 Å². The van der Waals surface area contributed by atoms with Gasteiger partial charge in [-0.25, -0.2) is 9.97 Å². The molecule has 0 saturated heterocycles. The van der Waals surface area contributed by atoms with Gasteiger partial charge in [0.25, 0.3) is 0 Å². The average molecular weight is 209 g/mol. The highest BCUT2D eigenvalue weighted by Crippen LogP contribution is 2.14. The van der Waals surface area contributed by atoms with E-state index in [1.54, 1.807) is 12.4 Å². The van der Waals surface area contributed by atoms with E-state index in [-0.39, 0.29) is 5.54 Å². The molecule has 0 saturated carbocycles. The van der Waals surface area contributed by atoms with E-state index in [9.17, 15) is 0 Å². The summed E-state index contributed by atoms with van der Waals surface area (Å²) in [5.74, 6) is 1.08. The van der Waals surface area contributed by atoms with Crippen molar-refractivity contribution < 1.29 is 0 Å². The molecule has 0 atom stereocenters. The Bertz CT molecular complexity index is 321. The van der Waals surface area contributed by atoms with Crippen molar-refractivity contribution in [3.05, 3.63) is 12.4 Å². The van der Waals surface area contributed by atoms with Crippen LogP contribution in [0.4, 0.5) is 11.6 Å². The number of hydrogen-bond acceptors (Lipinski definition) is 5. The van der Waals surface area contributed by atoms with Gasteiger partial charge < -0.3 is 16.0 Å². The number of hydrogen-bond donors (Lipinski definition) is 2. The van der Waals surface area contributed by atoms with Crippen LogP contribution in [0.15, 0.2) is 12.4 Å². The summed E-state index contributed by atoms with van der Waals surface area (Å²) in [5, 5.41) is 3.19. The van der Waals surface area contributed by atoms with Gasteiger partial charge in [-0.1, -0.05) is 0 Å². The Morgan fingerprint density at radius 3 is 2.47 bits per heavy atom. The topological polar surface area (TPSA) is 67.1 Å². The predicted octanol–water partition coefficient (Wildman–Crippen LogP) is 0.811. The third kappa shape index (κ3) is 3.06. The molecule has 0 amide bonds. The molecule has 0 bridgehead atoms. The molecule has 0 aliphatic rings. The minimum absolute atomic E-state index is 0.0456. The number of likely N-dealkylation sites (N-methyl/N-ethyl adjacent to an activating group) is 1. The van der Waals surface area contributed by atoms with Crippen molar-refractivity contribution in [3.8, 4) is 0 Å². The van der Waals surface area contributed by atoms with Crippen molar-refractivity contribution in [2.45, 2.75) is 19.4 Å². The maximum absolute atomic E-state index is 5.68. The van der Waals surface area contributed by atoms with Crippen LogP contribution in [0, 0.1) is 0 Å². The molecule has 0 aromatic carbocycles. The molecule has 0 fully saturated rings. The smallest absolute Gasteiger partial charge is 0.168 e. The molecule has 0 unspecified atom stereocenters. The Balaban J connectivity index is 2.62. The number of anilines is 2. The largest absolute Gasteiger partial charge is 0.381 e. The van der Waals surface area contributed by atoms with Crippen molar-refractivity contribution in [1.29, 1.82) is 0 Å². The van der Waals surface area contributed by atoms with E-state index in [4.69, 9.17) is 5.73 Å². The molecule has 0 aliphatic heterocycles. The molecule has 5 heteroatoms. The van der Waals surface area contributed by atoms with E-state index in [0.29, 0.717) is 11.6 Å². The Morgan fingerprint density at radius 2 is 1.93 bits per heavy atom. The highest BCUT2D eigenvalue weighted by atomic mass is 15.2. The molecule has 3 N–H and O–H groups in total. The third-order valence-electron chi connectivity index (χ3n) is 2.63. The standard InChI is InChI=1S/C10H19N5/c1-10(2,15(3)4)7-14-9-8(11)12-5-6-13-9/h5-6H,7H2,1-4H3,(H2,11,12)(H,13,14). The van der Waals surface area contributed by atoms with Gasteiger partial charge in [-0.2, -0.15) is 0 Å². The number of rotatable bonds is 4. The lowest BCUT2D eigenvalue weighted by Crippen LogP contribution is -2.44. The fourth-order valence-corrected chi connectivity index (χ4v) is 0.943. The summed E-state index contributed by atoms with van der Waals surface area (Å²) in [6.45, 7) is 5.06. The molecule has 84 valence electrons. The van der Waals surface area contributed by atoms with Crippen molar-refractivity contribution >= 4 is 11.6 Å². The van der Waals surface area contributed by atoms with Gasteiger partial charge in [-0.15, -0.1) is 0 Å². The van der Waals surface area contributed by atoms with E-state index in [2.05, 4.69) is 34.0 Å². The first-order chi connectivity index (χ1) is 6.93. The second-order valence-electron chi connectivity index (χ2n) is 4.35. The molecule has 1 aromatic rings. The van der Waals surface area contributed by atoms with Crippen LogP contribution in [0.25, 0.3) is 0 Å². The van der Waals surface area contributed by atoms with Crippen LogP contribution in [0.2, 0.25) is 0 Å². The molecule has 15 heavy (non-hydrogen) atoms. The van der Waals surface area contributed by atoms with Crippen LogP contribution in [-0.4, -0.2) is 41.0 Å². The van der Waals surface area contributed by atoms with Gasteiger partial charge in [0, 0.05) is 24.5 Å². The molecule has 1 rings (SSSR count). The average Bonchev–Trinajstić information content (AvgIpc) is 2.16. The van der Waals surface area contributed by atoms with Crippen LogP contribution >= 0.6 is 0 Å². The van der Waals surface area contributed by atoms with Gasteiger partial charge >= 0.3 is 0 Å². The highest BCUT2D eigenvalue weighted by Gasteiger charge is 2.20. The van der Waals surface area contributed by atoms with Gasteiger partial charge in [0.2, 0.25) is 0 Å². The number of nitrogen functional groups attached to an aromatic ring is 1. The van der Waals surface area contributed by atoms with Crippen molar-refractivity contribution in [2.75, 3.05) is 31.7 Å². The summed E-state index contributed by atoms with van der Waals surface area (Å²) < 4.78 is 0. The molecular formula is C10H19N5. The van der Waals surface area contributed by atoms with Gasteiger partial charge in [0.15, 0.2) is 11.6 Å². The van der Waals surface area contributed by atoms with Crippen LogP contribution in [0.3, 0.4) is 0 Å². The van der Waals surface area contributed by atoms with E-state index in [0.717, 1.165) is 6.54 Å². The maximum atomic E-state index is 5.68. The first-order valence-electron chi connectivity index (χ1n) is 4.91. The van der Waals surface area contributed by atoms with Gasteiger partial charge in [-0.3, -0.25) is 0 Å². The number of nitrogens with two attached hydrogens (primary N) is 1. The van der Waals surface area contributed by atoms with Crippen LogP contribution < -0.4 is 11.1 Å². The zero-order chi connectivity index (χ0) is 11.5. The molecule has 1 aromatic heterocycles. The monoisotopic (exact) mass is 209 g/mol. The van der Waals surface area contributed by atoms with Crippen molar-refractivity contribution in [1.82, 2.24) is 14.9 Å².